The predicted molar refractivity (Wildman–Crippen MR) is 144 cm³/mol. The number of benzene rings is 4. The van der Waals surface area contributed by atoms with Gasteiger partial charge >= 0.3 is 6.18 Å². The van der Waals surface area contributed by atoms with Crippen molar-refractivity contribution in [3.05, 3.63) is 120 Å². The fourth-order valence-corrected chi connectivity index (χ4v) is 3.60. The zero-order valence-electron chi connectivity index (χ0n) is 20.4. The lowest BCUT2D eigenvalue weighted by molar-refractivity contribution is -0.137. The number of hydrogen-bond acceptors (Lipinski definition) is 4. The molecule has 0 saturated heterocycles. The first-order chi connectivity index (χ1) is 18.7. The smallest absolute Gasteiger partial charge is 0.376 e. The number of rotatable bonds is 8. The molecule has 10 heteroatoms. The van der Waals surface area contributed by atoms with Crippen LogP contribution in [0.1, 0.15) is 26.3 Å². The molecule has 198 valence electrons. The van der Waals surface area contributed by atoms with E-state index in [-0.39, 0.29) is 29.6 Å². The summed E-state index contributed by atoms with van der Waals surface area (Å²) in [4.78, 5) is 37.4. The van der Waals surface area contributed by atoms with Crippen molar-refractivity contribution in [3.63, 3.8) is 0 Å². The number of carbonyl (C=O) groups is 3. The third kappa shape index (κ3) is 7.68. The van der Waals surface area contributed by atoms with Crippen molar-refractivity contribution in [1.29, 1.82) is 0 Å². The third-order valence-corrected chi connectivity index (χ3v) is 5.47. The molecule has 4 aromatic carbocycles. The molecule has 4 aromatic rings. The van der Waals surface area contributed by atoms with E-state index in [4.69, 9.17) is 0 Å². The summed E-state index contributed by atoms with van der Waals surface area (Å²) in [5, 5.41) is 10.9. The van der Waals surface area contributed by atoms with Gasteiger partial charge in [0.1, 0.15) is 0 Å². The number of halogens is 3. The summed E-state index contributed by atoms with van der Waals surface area (Å²) in [6, 6.07) is 26.0. The van der Waals surface area contributed by atoms with E-state index >= 15 is 0 Å². The van der Waals surface area contributed by atoms with Crippen LogP contribution in [-0.2, 0) is 11.0 Å². The van der Waals surface area contributed by atoms with Gasteiger partial charge in [0.05, 0.1) is 12.1 Å². The summed E-state index contributed by atoms with van der Waals surface area (Å²) < 4.78 is 38.8. The monoisotopic (exact) mass is 532 g/mol. The molecule has 0 unspecified atom stereocenters. The summed E-state index contributed by atoms with van der Waals surface area (Å²) in [5.41, 5.74) is 1.28. The molecule has 0 spiro atoms. The molecule has 3 amide bonds. The van der Waals surface area contributed by atoms with Gasteiger partial charge in [0.15, 0.2) is 0 Å². The van der Waals surface area contributed by atoms with Gasteiger partial charge in [-0.05, 0) is 66.7 Å². The van der Waals surface area contributed by atoms with E-state index < -0.39 is 17.6 Å². The van der Waals surface area contributed by atoms with Crippen LogP contribution in [0.4, 0.5) is 35.9 Å². The first kappa shape index (κ1) is 26.9. The molecule has 0 aliphatic heterocycles. The minimum atomic E-state index is -4.53. The fraction of sp³-hybridized carbons (Fsp3) is 0.0690. The molecule has 4 N–H and O–H groups in total. The number of anilines is 4. The van der Waals surface area contributed by atoms with E-state index in [1.807, 2.05) is 6.07 Å². The fourth-order valence-electron chi connectivity index (χ4n) is 3.60. The van der Waals surface area contributed by atoms with Crippen molar-refractivity contribution in [3.8, 4) is 0 Å². The summed E-state index contributed by atoms with van der Waals surface area (Å²) in [6.45, 7) is -0.126. The zero-order chi connectivity index (χ0) is 27.8. The van der Waals surface area contributed by atoms with Crippen LogP contribution < -0.4 is 21.3 Å². The van der Waals surface area contributed by atoms with Crippen molar-refractivity contribution >= 4 is 40.5 Å². The van der Waals surface area contributed by atoms with Gasteiger partial charge in [0.25, 0.3) is 11.8 Å². The number of carbonyl (C=O) groups excluding carboxylic acids is 3. The minimum Gasteiger partial charge on any atom is -0.376 e. The number of nitrogens with one attached hydrogen (secondary N) is 4. The lowest BCUT2D eigenvalue weighted by Gasteiger charge is -2.12. The topological polar surface area (TPSA) is 99.3 Å². The molecular formula is C29H23F3N4O3. The second kappa shape index (κ2) is 12.0. The maximum Gasteiger partial charge on any atom is 0.416 e. The molecule has 0 aliphatic rings. The van der Waals surface area contributed by atoms with E-state index in [0.29, 0.717) is 22.6 Å². The van der Waals surface area contributed by atoms with Crippen molar-refractivity contribution in [1.82, 2.24) is 0 Å². The van der Waals surface area contributed by atoms with Crippen LogP contribution in [0.15, 0.2) is 103 Å². The Morgan fingerprint density at radius 2 is 1.10 bits per heavy atom. The SMILES string of the molecule is O=C(CNc1cccc(C(=O)Nc2cccc(C(F)(F)F)c2)c1)Nc1cccc(NC(=O)c2ccccc2)c1. The van der Waals surface area contributed by atoms with Crippen LogP contribution in [0.2, 0.25) is 0 Å². The van der Waals surface area contributed by atoms with Gasteiger partial charge in [-0.1, -0.05) is 36.4 Å². The van der Waals surface area contributed by atoms with Crippen molar-refractivity contribution < 1.29 is 27.6 Å². The van der Waals surface area contributed by atoms with E-state index in [1.165, 1.54) is 24.3 Å². The highest BCUT2D eigenvalue weighted by Crippen LogP contribution is 2.30. The third-order valence-electron chi connectivity index (χ3n) is 5.47. The molecule has 7 nitrogen and oxygen atoms in total. The lowest BCUT2D eigenvalue weighted by atomic mass is 10.1. The summed E-state index contributed by atoms with van der Waals surface area (Å²) in [5.74, 6) is -1.25. The second-order valence-corrected chi connectivity index (χ2v) is 8.42. The van der Waals surface area contributed by atoms with Crippen LogP contribution in [0.3, 0.4) is 0 Å². The molecule has 0 heterocycles. The minimum absolute atomic E-state index is 0.00903. The van der Waals surface area contributed by atoms with E-state index in [1.54, 1.807) is 60.7 Å². The summed E-state index contributed by atoms with van der Waals surface area (Å²) in [7, 11) is 0. The highest BCUT2D eigenvalue weighted by atomic mass is 19.4. The zero-order valence-corrected chi connectivity index (χ0v) is 20.4. The number of amides is 3. The average molecular weight is 533 g/mol. The van der Waals surface area contributed by atoms with Crippen molar-refractivity contribution in [2.45, 2.75) is 6.18 Å². The van der Waals surface area contributed by atoms with Gasteiger partial charge in [-0.25, -0.2) is 0 Å². The molecule has 0 saturated carbocycles. The van der Waals surface area contributed by atoms with Crippen LogP contribution in [-0.4, -0.2) is 24.3 Å². The van der Waals surface area contributed by atoms with Gasteiger partial charge in [-0.3, -0.25) is 14.4 Å². The largest absolute Gasteiger partial charge is 0.416 e. The quantitative estimate of drug-likeness (QED) is 0.215. The summed E-state index contributed by atoms with van der Waals surface area (Å²) >= 11 is 0. The van der Waals surface area contributed by atoms with E-state index in [2.05, 4.69) is 21.3 Å². The van der Waals surface area contributed by atoms with Gasteiger partial charge in [-0.2, -0.15) is 13.2 Å². The first-order valence-corrected chi connectivity index (χ1v) is 11.8. The van der Waals surface area contributed by atoms with Crippen LogP contribution in [0, 0.1) is 0 Å². The normalized spacial score (nSPS) is 10.8. The first-order valence-electron chi connectivity index (χ1n) is 11.8. The van der Waals surface area contributed by atoms with Gasteiger partial charge in [0.2, 0.25) is 5.91 Å². The molecule has 0 aliphatic carbocycles. The van der Waals surface area contributed by atoms with Crippen LogP contribution in [0.5, 0.6) is 0 Å². The molecule has 4 rings (SSSR count). The van der Waals surface area contributed by atoms with E-state index in [9.17, 15) is 27.6 Å². The molecule has 0 bridgehead atoms. The maximum absolute atomic E-state index is 12.9. The Balaban J connectivity index is 1.32. The van der Waals surface area contributed by atoms with Crippen LogP contribution >= 0.6 is 0 Å². The molecule has 0 radical (unpaired) electrons. The average Bonchev–Trinajstić information content (AvgIpc) is 2.92. The lowest BCUT2D eigenvalue weighted by Crippen LogP contribution is -2.22. The maximum atomic E-state index is 12.9. The Morgan fingerprint density at radius 1 is 0.564 bits per heavy atom. The number of alkyl halides is 3. The Morgan fingerprint density at radius 3 is 1.79 bits per heavy atom. The van der Waals surface area contributed by atoms with Gasteiger partial charge < -0.3 is 21.3 Å². The molecule has 0 aromatic heterocycles. The molecular weight excluding hydrogens is 509 g/mol. The number of hydrogen-bond donors (Lipinski definition) is 4. The summed E-state index contributed by atoms with van der Waals surface area (Å²) in [6.07, 6.45) is -4.53. The predicted octanol–water partition coefficient (Wildman–Crippen LogP) is 6.26. The standard InChI is InChI=1S/C29H23F3N4O3/c30-29(31,32)21-10-5-12-23(16-21)35-28(39)20-9-4-11-22(15-20)33-18-26(37)34-24-13-6-14-25(17-24)36-27(38)19-7-2-1-3-8-19/h1-17,33H,18H2,(H,34,37)(H,35,39)(H,36,38). The van der Waals surface area contributed by atoms with Gasteiger partial charge in [-0.15, -0.1) is 0 Å². The Kier molecular flexibility index (Phi) is 8.25. The Bertz CT molecular complexity index is 1490. The Labute approximate surface area is 222 Å². The Hall–Kier alpha value is -5.12. The highest BCUT2D eigenvalue weighted by molar-refractivity contribution is 6.05. The molecule has 0 atom stereocenters. The molecule has 39 heavy (non-hydrogen) atoms. The second-order valence-electron chi connectivity index (χ2n) is 8.42. The van der Waals surface area contributed by atoms with Gasteiger partial charge in [0, 0.05) is 33.9 Å². The van der Waals surface area contributed by atoms with E-state index in [0.717, 1.165) is 12.1 Å². The van der Waals surface area contributed by atoms with Crippen LogP contribution in [0.25, 0.3) is 0 Å². The molecule has 0 fully saturated rings. The van der Waals surface area contributed by atoms with Crippen molar-refractivity contribution in [2.24, 2.45) is 0 Å². The van der Waals surface area contributed by atoms with Crippen molar-refractivity contribution in [2.75, 3.05) is 27.8 Å². The highest BCUT2D eigenvalue weighted by Gasteiger charge is 2.30.